The summed E-state index contributed by atoms with van der Waals surface area (Å²) in [5.41, 5.74) is 1.14. The lowest BCUT2D eigenvalue weighted by molar-refractivity contribution is 0.626. The largest absolute Gasteiger partial charge is 0.236 e. The highest BCUT2D eigenvalue weighted by Crippen LogP contribution is 2.33. The third kappa shape index (κ3) is 2.33. The molecular weight excluding hydrogens is 273 g/mol. The fourth-order valence-corrected chi connectivity index (χ4v) is 2.79. The molecule has 0 saturated carbocycles. The molecule has 1 aromatic heterocycles. The molecule has 0 bridgehead atoms. The quantitative estimate of drug-likeness (QED) is 0.670. The van der Waals surface area contributed by atoms with Gasteiger partial charge in [-0.1, -0.05) is 30.0 Å². The Morgan fingerprint density at radius 3 is 2.80 bits per heavy atom. The molecule has 20 heavy (non-hydrogen) atoms. The monoisotopic (exact) mass is 281 g/mol. The highest BCUT2D eigenvalue weighted by molar-refractivity contribution is 7.99. The highest BCUT2D eigenvalue weighted by atomic mass is 32.2. The van der Waals surface area contributed by atoms with E-state index < -0.39 is 5.82 Å². The van der Waals surface area contributed by atoms with E-state index in [9.17, 15) is 4.39 Å². The fourth-order valence-electron chi connectivity index (χ4n) is 1.84. The van der Waals surface area contributed by atoms with E-state index in [-0.39, 0.29) is 0 Å². The molecule has 3 aromatic rings. The van der Waals surface area contributed by atoms with Gasteiger partial charge in [-0.05, 0) is 24.3 Å². The smallest absolute Gasteiger partial charge is 0.124 e. The van der Waals surface area contributed by atoms with E-state index >= 15 is 0 Å². The Morgan fingerprint density at radius 1 is 1.10 bits per heavy atom. The number of hydrogen-bond donors (Lipinski definition) is 0. The summed E-state index contributed by atoms with van der Waals surface area (Å²) in [6, 6.07) is 13.8. The third-order valence-corrected chi connectivity index (χ3v) is 3.87. The van der Waals surface area contributed by atoms with Crippen molar-refractivity contribution in [3.63, 3.8) is 0 Å². The Morgan fingerprint density at radius 2 is 1.95 bits per heavy atom. The van der Waals surface area contributed by atoms with Gasteiger partial charge in [-0.2, -0.15) is 5.26 Å². The van der Waals surface area contributed by atoms with Gasteiger partial charge < -0.3 is 0 Å². The van der Waals surface area contributed by atoms with Crippen LogP contribution in [0.25, 0.3) is 10.9 Å². The van der Waals surface area contributed by atoms with Crippen LogP contribution in [0, 0.1) is 17.1 Å². The molecule has 0 aliphatic heterocycles. The molecule has 0 N–H and O–H groups in total. The number of aromatic nitrogens is 2. The van der Waals surface area contributed by atoms with E-state index in [2.05, 4.69) is 9.97 Å². The average Bonchev–Trinajstić information content (AvgIpc) is 2.49. The fraction of sp³-hybridized carbons (Fsp3) is 0. The van der Waals surface area contributed by atoms with E-state index in [4.69, 9.17) is 5.26 Å². The maximum absolute atomic E-state index is 13.1. The number of fused-ring (bicyclic) bond motifs is 1. The van der Waals surface area contributed by atoms with Gasteiger partial charge in [-0.15, -0.1) is 0 Å². The molecule has 0 aliphatic rings. The van der Waals surface area contributed by atoms with Crippen molar-refractivity contribution in [3.8, 4) is 6.07 Å². The van der Waals surface area contributed by atoms with Crippen LogP contribution in [-0.2, 0) is 0 Å². The summed E-state index contributed by atoms with van der Waals surface area (Å²) in [5, 5.41) is 10.7. The van der Waals surface area contributed by atoms with Gasteiger partial charge in [0.25, 0.3) is 0 Å². The van der Waals surface area contributed by atoms with Crippen molar-refractivity contribution in [3.05, 3.63) is 60.2 Å². The number of benzene rings is 2. The summed E-state index contributed by atoms with van der Waals surface area (Å²) in [5.74, 6) is -0.418. The molecule has 1 heterocycles. The van der Waals surface area contributed by atoms with Crippen LogP contribution in [-0.4, -0.2) is 9.97 Å². The SMILES string of the molecule is N#Cc1cc(F)ccc1Sc1ncnc2ccccc12. The Kier molecular flexibility index (Phi) is 3.32. The maximum atomic E-state index is 13.1. The van der Waals surface area contributed by atoms with E-state index in [1.54, 1.807) is 6.07 Å². The molecule has 96 valence electrons. The average molecular weight is 281 g/mol. The molecule has 0 atom stereocenters. The molecule has 0 radical (unpaired) electrons. The molecule has 0 amide bonds. The van der Waals surface area contributed by atoms with Crippen LogP contribution in [0.3, 0.4) is 0 Å². The number of nitriles is 1. The van der Waals surface area contributed by atoms with Crippen LogP contribution in [0.2, 0.25) is 0 Å². The van der Waals surface area contributed by atoms with Gasteiger partial charge in [0.15, 0.2) is 0 Å². The van der Waals surface area contributed by atoms with Crippen molar-refractivity contribution < 1.29 is 4.39 Å². The van der Waals surface area contributed by atoms with Crippen LogP contribution in [0.4, 0.5) is 4.39 Å². The zero-order valence-electron chi connectivity index (χ0n) is 10.2. The zero-order chi connectivity index (χ0) is 13.9. The second kappa shape index (κ2) is 5.27. The first-order valence-corrected chi connectivity index (χ1v) is 6.67. The summed E-state index contributed by atoms with van der Waals surface area (Å²) in [6.07, 6.45) is 1.49. The van der Waals surface area contributed by atoms with Crippen molar-refractivity contribution in [2.75, 3.05) is 0 Å². The van der Waals surface area contributed by atoms with Gasteiger partial charge >= 0.3 is 0 Å². The van der Waals surface area contributed by atoms with E-state index in [0.717, 1.165) is 15.9 Å². The Bertz CT molecular complexity index is 821. The Labute approximate surface area is 119 Å². The number of halogens is 1. The van der Waals surface area contributed by atoms with Crippen molar-refractivity contribution in [1.29, 1.82) is 5.26 Å². The van der Waals surface area contributed by atoms with Crippen LogP contribution >= 0.6 is 11.8 Å². The highest BCUT2D eigenvalue weighted by Gasteiger charge is 2.09. The number of hydrogen-bond acceptors (Lipinski definition) is 4. The second-order valence-electron chi connectivity index (χ2n) is 4.05. The number of para-hydroxylation sites is 1. The molecular formula is C15H8FN3S. The van der Waals surface area contributed by atoms with E-state index in [1.165, 1.54) is 30.2 Å². The Balaban J connectivity index is 2.08. The molecule has 0 saturated heterocycles. The van der Waals surface area contributed by atoms with E-state index in [0.29, 0.717) is 10.5 Å². The normalized spacial score (nSPS) is 10.4. The number of nitrogens with zero attached hydrogens (tertiary/aromatic N) is 3. The predicted octanol–water partition coefficient (Wildman–Crippen LogP) is 3.79. The van der Waals surface area contributed by atoms with Gasteiger partial charge in [0.1, 0.15) is 23.2 Å². The van der Waals surface area contributed by atoms with Gasteiger partial charge in [0, 0.05) is 10.3 Å². The van der Waals surface area contributed by atoms with Crippen LogP contribution in [0.5, 0.6) is 0 Å². The van der Waals surface area contributed by atoms with Crippen molar-refractivity contribution >= 4 is 22.7 Å². The summed E-state index contributed by atoms with van der Waals surface area (Å²) >= 11 is 1.34. The summed E-state index contributed by atoms with van der Waals surface area (Å²) in [6.45, 7) is 0. The van der Waals surface area contributed by atoms with Crippen LogP contribution in [0.1, 0.15) is 5.56 Å². The standard InChI is InChI=1S/C15H8FN3S/c16-11-5-6-14(10(7-11)8-17)20-15-12-3-1-2-4-13(12)18-9-19-15/h1-7,9H. The van der Waals surface area contributed by atoms with Crippen LogP contribution < -0.4 is 0 Å². The van der Waals surface area contributed by atoms with Crippen molar-refractivity contribution in [2.24, 2.45) is 0 Å². The van der Waals surface area contributed by atoms with Crippen LogP contribution in [0.15, 0.2) is 58.7 Å². The molecule has 2 aromatic carbocycles. The molecule has 0 spiro atoms. The van der Waals surface area contributed by atoms with Crippen molar-refractivity contribution in [1.82, 2.24) is 9.97 Å². The maximum Gasteiger partial charge on any atom is 0.124 e. The van der Waals surface area contributed by atoms with Gasteiger partial charge in [0.2, 0.25) is 0 Å². The minimum Gasteiger partial charge on any atom is -0.236 e. The molecule has 0 unspecified atom stereocenters. The zero-order valence-corrected chi connectivity index (χ0v) is 11.1. The lowest BCUT2D eigenvalue weighted by Crippen LogP contribution is -1.88. The first-order chi connectivity index (χ1) is 9.78. The molecule has 3 rings (SSSR count). The Hall–Kier alpha value is -2.45. The first kappa shape index (κ1) is 12.6. The summed E-state index contributed by atoms with van der Waals surface area (Å²) in [4.78, 5) is 9.12. The minimum absolute atomic E-state index is 0.303. The first-order valence-electron chi connectivity index (χ1n) is 5.85. The molecule has 5 heteroatoms. The van der Waals surface area contributed by atoms with E-state index in [1.807, 2.05) is 30.3 Å². The number of rotatable bonds is 2. The van der Waals surface area contributed by atoms with Gasteiger partial charge in [-0.3, -0.25) is 0 Å². The molecule has 0 aliphatic carbocycles. The topological polar surface area (TPSA) is 49.6 Å². The summed E-state index contributed by atoms with van der Waals surface area (Å²) < 4.78 is 13.1. The molecule has 3 nitrogen and oxygen atoms in total. The minimum atomic E-state index is -0.418. The third-order valence-electron chi connectivity index (χ3n) is 2.77. The molecule has 0 fully saturated rings. The predicted molar refractivity (Wildman–Crippen MR) is 74.8 cm³/mol. The summed E-state index contributed by atoms with van der Waals surface area (Å²) in [7, 11) is 0. The lowest BCUT2D eigenvalue weighted by Gasteiger charge is -2.06. The van der Waals surface area contributed by atoms with Gasteiger partial charge in [0.05, 0.1) is 11.1 Å². The van der Waals surface area contributed by atoms with Crippen molar-refractivity contribution in [2.45, 2.75) is 9.92 Å². The van der Waals surface area contributed by atoms with Gasteiger partial charge in [-0.25, -0.2) is 14.4 Å². The second-order valence-corrected chi connectivity index (χ2v) is 5.08. The lowest BCUT2D eigenvalue weighted by atomic mass is 10.2.